The number of carbonyl (C=O) groups excluding carboxylic acids is 1. The van der Waals surface area contributed by atoms with Gasteiger partial charge < -0.3 is 4.74 Å². The van der Waals surface area contributed by atoms with Gasteiger partial charge >= 0.3 is 5.97 Å². The van der Waals surface area contributed by atoms with Crippen LogP contribution in [0.15, 0.2) is 24.3 Å². The van der Waals surface area contributed by atoms with Crippen LogP contribution in [0.3, 0.4) is 0 Å². The molecule has 22 heavy (non-hydrogen) atoms. The number of carbonyl (C=O) groups is 1. The Balaban J connectivity index is 1.57. The molecule has 0 aromatic heterocycles. The third-order valence-electron chi connectivity index (χ3n) is 4.90. The van der Waals surface area contributed by atoms with E-state index in [1.54, 1.807) is 0 Å². The van der Waals surface area contributed by atoms with E-state index in [9.17, 15) is 4.79 Å². The summed E-state index contributed by atoms with van der Waals surface area (Å²) in [5.74, 6) is 2.35. The van der Waals surface area contributed by atoms with Gasteiger partial charge in [0, 0.05) is 6.92 Å². The fourth-order valence-corrected chi connectivity index (χ4v) is 3.45. The van der Waals surface area contributed by atoms with E-state index in [-0.39, 0.29) is 5.97 Å². The van der Waals surface area contributed by atoms with Crippen molar-refractivity contribution in [1.82, 2.24) is 0 Å². The maximum absolute atomic E-state index is 10.9. The van der Waals surface area contributed by atoms with Crippen molar-refractivity contribution in [2.75, 3.05) is 0 Å². The van der Waals surface area contributed by atoms with Crippen LogP contribution in [-0.4, -0.2) is 5.97 Å². The molecular formula is C20H30O2. The van der Waals surface area contributed by atoms with Gasteiger partial charge in [0.25, 0.3) is 0 Å². The Morgan fingerprint density at radius 3 is 2.36 bits per heavy atom. The normalized spacial score (nSPS) is 21.5. The Bertz CT molecular complexity index is 441. The molecule has 0 spiro atoms. The molecule has 1 fully saturated rings. The first-order valence-electron chi connectivity index (χ1n) is 8.91. The van der Waals surface area contributed by atoms with E-state index in [0.717, 1.165) is 18.3 Å². The van der Waals surface area contributed by atoms with Gasteiger partial charge in [-0.2, -0.15) is 0 Å². The first-order chi connectivity index (χ1) is 10.6. The van der Waals surface area contributed by atoms with Crippen LogP contribution in [0.1, 0.15) is 70.8 Å². The van der Waals surface area contributed by atoms with Gasteiger partial charge in [0.05, 0.1) is 0 Å². The first-order valence-corrected chi connectivity index (χ1v) is 8.91. The van der Waals surface area contributed by atoms with Crippen LogP contribution in [0.25, 0.3) is 0 Å². The zero-order valence-corrected chi connectivity index (χ0v) is 14.1. The number of aryl methyl sites for hydroxylation is 1. The molecule has 0 aliphatic heterocycles. The quantitative estimate of drug-likeness (QED) is 0.375. The van der Waals surface area contributed by atoms with Crippen molar-refractivity contribution in [2.24, 2.45) is 11.8 Å². The highest BCUT2D eigenvalue weighted by molar-refractivity contribution is 5.69. The standard InChI is InChI=1S/C20H30O2/c1-16-8-10-18(11-9-16)6-4-3-5-7-19-12-14-20(15-13-19)22-17(2)21/h12-16,18H,3-11H2,1-2H3. The summed E-state index contributed by atoms with van der Waals surface area (Å²) in [6.45, 7) is 3.82. The van der Waals surface area contributed by atoms with Gasteiger partial charge in [-0.25, -0.2) is 0 Å². The van der Waals surface area contributed by atoms with Crippen LogP contribution in [0, 0.1) is 11.8 Å². The van der Waals surface area contributed by atoms with E-state index in [2.05, 4.69) is 19.1 Å². The maximum Gasteiger partial charge on any atom is 0.308 e. The lowest BCUT2D eigenvalue weighted by Crippen LogP contribution is -2.12. The molecule has 0 bridgehead atoms. The van der Waals surface area contributed by atoms with Crippen LogP contribution >= 0.6 is 0 Å². The van der Waals surface area contributed by atoms with Crippen LogP contribution in [-0.2, 0) is 11.2 Å². The van der Waals surface area contributed by atoms with Gasteiger partial charge in [-0.05, 0) is 42.4 Å². The van der Waals surface area contributed by atoms with Crippen LogP contribution in [0.2, 0.25) is 0 Å². The van der Waals surface area contributed by atoms with Crippen molar-refractivity contribution in [2.45, 2.75) is 71.6 Å². The highest BCUT2D eigenvalue weighted by Gasteiger charge is 2.17. The van der Waals surface area contributed by atoms with Gasteiger partial charge in [0.1, 0.15) is 5.75 Å². The summed E-state index contributed by atoms with van der Waals surface area (Å²) < 4.78 is 5.05. The fourth-order valence-electron chi connectivity index (χ4n) is 3.45. The molecule has 1 aromatic carbocycles. The van der Waals surface area contributed by atoms with E-state index < -0.39 is 0 Å². The Morgan fingerprint density at radius 2 is 1.73 bits per heavy atom. The molecule has 2 rings (SSSR count). The Morgan fingerprint density at radius 1 is 1.05 bits per heavy atom. The van der Waals surface area contributed by atoms with E-state index in [1.807, 2.05) is 12.1 Å². The molecular weight excluding hydrogens is 272 g/mol. The molecule has 0 amide bonds. The third kappa shape index (κ3) is 6.21. The molecule has 1 aliphatic carbocycles. The summed E-state index contributed by atoms with van der Waals surface area (Å²) in [5, 5.41) is 0. The third-order valence-corrected chi connectivity index (χ3v) is 4.90. The second kappa shape index (κ2) is 8.97. The second-order valence-electron chi connectivity index (χ2n) is 6.96. The van der Waals surface area contributed by atoms with Gasteiger partial charge in [-0.1, -0.05) is 64.0 Å². The predicted octanol–water partition coefficient (Wildman–Crippen LogP) is 5.54. The number of hydrogen-bond acceptors (Lipinski definition) is 2. The zero-order chi connectivity index (χ0) is 15.8. The largest absolute Gasteiger partial charge is 0.427 e. The SMILES string of the molecule is CC(=O)Oc1ccc(CCCCCC2CCC(C)CC2)cc1. The molecule has 1 saturated carbocycles. The maximum atomic E-state index is 10.9. The van der Waals surface area contributed by atoms with E-state index >= 15 is 0 Å². The van der Waals surface area contributed by atoms with Crippen molar-refractivity contribution in [1.29, 1.82) is 0 Å². The minimum absolute atomic E-state index is 0.259. The molecule has 1 aliphatic rings. The van der Waals surface area contributed by atoms with Crippen molar-refractivity contribution in [3.8, 4) is 5.75 Å². The summed E-state index contributed by atoms with van der Waals surface area (Å²) in [6, 6.07) is 7.92. The van der Waals surface area contributed by atoms with Gasteiger partial charge in [0.2, 0.25) is 0 Å². The molecule has 2 nitrogen and oxygen atoms in total. The van der Waals surface area contributed by atoms with Crippen molar-refractivity contribution >= 4 is 5.97 Å². The van der Waals surface area contributed by atoms with Gasteiger partial charge in [-0.3, -0.25) is 4.79 Å². The Labute approximate surface area is 135 Å². The highest BCUT2D eigenvalue weighted by atomic mass is 16.5. The summed E-state index contributed by atoms with van der Waals surface area (Å²) in [5.41, 5.74) is 1.34. The number of hydrogen-bond donors (Lipinski definition) is 0. The predicted molar refractivity (Wildman–Crippen MR) is 91.0 cm³/mol. The van der Waals surface area contributed by atoms with Gasteiger partial charge in [-0.15, -0.1) is 0 Å². The molecule has 2 heteroatoms. The lowest BCUT2D eigenvalue weighted by molar-refractivity contribution is -0.131. The molecule has 0 saturated heterocycles. The van der Waals surface area contributed by atoms with E-state index in [1.165, 1.54) is 63.9 Å². The number of esters is 1. The average molecular weight is 302 g/mol. The summed E-state index contributed by atoms with van der Waals surface area (Å²) >= 11 is 0. The molecule has 0 radical (unpaired) electrons. The Kier molecular flexibility index (Phi) is 6.95. The number of unbranched alkanes of at least 4 members (excludes halogenated alkanes) is 2. The topological polar surface area (TPSA) is 26.3 Å². The fraction of sp³-hybridized carbons (Fsp3) is 0.650. The second-order valence-corrected chi connectivity index (χ2v) is 6.96. The minimum atomic E-state index is -0.259. The summed E-state index contributed by atoms with van der Waals surface area (Å²) in [7, 11) is 0. The van der Waals surface area contributed by atoms with E-state index in [0.29, 0.717) is 5.75 Å². The lowest BCUT2D eigenvalue weighted by atomic mass is 9.80. The first kappa shape index (κ1) is 17.1. The molecule has 0 N–H and O–H groups in total. The molecule has 0 heterocycles. The summed E-state index contributed by atoms with van der Waals surface area (Å²) in [4.78, 5) is 10.9. The van der Waals surface area contributed by atoms with Crippen LogP contribution in [0.4, 0.5) is 0 Å². The van der Waals surface area contributed by atoms with Crippen molar-refractivity contribution in [3.63, 3.8) is 0 Å². The lowest BCUT2D eigenvalue weighted by Gasteiger charge is -2.26. The van der Waals surface area contributed by atoms with E-state index in [4.69, 9.17) is 4.74 Å². The van der Waals surface area contributed by atoms with Gasteiger partial charge in [0.15, 0.2) is 0 Å². The van der Waals surface area contributed by atoms with Crippen LogP contribution in [0.5, 0.6) is 5.75 Å². The molecule has 0 unspecified atom stereocenters. The zero-order valence-electron chi connectivity index (χ0n) is 14.1. The number of rotatable bonds is 7. The number of ether oxygens (including phenoxy) is 1. The average Bonchev–Trinajstić information content (AvgIpc) is 2.50. The smallest absolute Gasteiger partial charge is 0.308 e. The Hall–Kier alpha value is -1.31. The summed E-state index contributed by atoms with van der Waals surface area (Å²) in [6.07, 6.45) is 12.3. The van der Waals surface area contributed by atoms with Crippen LogP contribution < -0.4 is 4.74 Å². The molecule has 122 valence electrons. The molecule has 1 aromatic rings. The highest BCUT2D eigenvalue weighted by Crippen LogP contribution is 2.31. The minimum Gasteiger partial charge on any atom is -0.427 e. The van der Waals surface area contributed by atoms with Crippen molar-refractivity contribution < 1.29 is 9.53 Å². The monoisotopic (exact) mass is 302 g/mol. The molecule has 0 atom stereocenters. The van der Waals surface area contributed by atoms with Crippen molar-refractivity contribution in [3.05, 3.63) is 29.8 Å². The number of benzene rings is 1.